The lowest BCUT2D eigenvalue weighted by Gasteiger charge is -2.38. The number of carbonyl (C=O) groups is 9. The first-order valence-corrected chi connectivity index (χ1v) is 38.9. The molecule has 2 fully saturated rings. The molecule has 9 rings (SSSR count). The number of carbonyl (C=O) groups excluding carboxylic acids is 8. The van der Waals surface area contributed by atoms with Crippen LogP contribution in [0.3, 0.4) is 0 Å². The predicted molar refractivity (Wildman–Crippen MR) is 421 cm³/mol. The molecule has 0 radical (unpaired) electrons. The van der Waals surface area contributed by atoms with Crippen LogP contribution in [-0.2, 0) is 79.6 Å². The molecule has 5 atom stereocenters. The van der Waals surface area contributed by atoms with E-state index in [9.17, 15) is 48.6 Å². The van der Waals surface area contributed by atoms with Crippen LogP contribution in [0.4, 0.5) is 21.9 Å². The molecular weight excluding hydrogens is 1490 g/mol. The molecule has 5 heterocycles. The molecule has 624 valence electrons. The molecule has 1 unspecified atom stereocenters. The highest BCUT2D eigenvalue weighted by Crippen LogP contribution is 2.47. The molecule has 9 amide bonds. The molecular formula is C82H109N10O23+. The molecule has 115 heavy (non-hydrogen) atoms. The summed E-state index contributed by atoms with van der Waals surface area (Å²) in [6.45, 7) is 14.3. The third-order valence-corrected chi connectivity index (χ3v) is 19.9. The largest absolute Gasteiger partial charge is 0.493 e. The van der Waals surface area contributed by atoms with Gasteiger partial charge >= 0.3 is 12.0 Å². The van der Waals surface area contributed by atoms with Gasteiger partial charge in [-0.3, -0.25) is 43.5 Å². The zero-order valence-electron chi connectivity index (χ0n) is 65.6. The van der Waals surface area contributed by atoms with Gasteiger partial charge in [-0.2, -0.15) is 0 Å². The van der Waals surface area contributed by atoms with Crippen molar-refractivity contribution in [3.8, 4) is 23.0 Å². The van der Waals surface area contributed by atoms with Crippen molar-refractivity contribution >= 4 is 76.6 Å². The number of aliphatic imine (C=N–C) groups is 1. The van der Waals surface area contributed by atoms with Gasteiger partial charge in [0.05, 0.1) is 163 Å². The second-order valence-corrected chi connectivity index (χ2v) is 28.1. The highest BCUT2D eigenvalue weighted by molar-refractivity contribution is 6.13. The summed E-state index contributed by atoms with van der Waals surface area (Å²) in [6.07, 6.45) is 4.57. The molecule has 0 aliphatic carbocycles. The Balaban J connectivity index is 0.682. The summed E-state index contributed by atoms with van der Waals surface area (Å²) in [5, 5.41) is 34.6. The minimum Gasteiger partial charge on any atom is -0.493 e. The number of unbranched alkanes of at least 4 members (excludes halogenated alkanes) is 3. The van der Waals surface area contributed by atoms with Gasteiger partial charge in [0.1, 0.15) is 30.2 Å². The van der Waals surface area contributed by atoms with E-state index in [2.05, 4.69) is 39.4 Å². The molecule has 0 spiro atoms. The number of benzene rings is 4. The van der Waals surface area contributed by atoms with Gasteiger partial charge in [0.25, 0.3) is 17.7 Å². The van der Waals surface area contributed by atoms with Crippen LogP contribution in [-0.4, -0.2) is 280 Å². The average Bonchev–Trinajstić information content (AvgIpc) is 1.57. The average molecular weight is 1600 g/mol. The van der Waals surface area contributed by atoms with Crippen molar-refractivity contribution in [3.05, 3.63) is 138 Å². The summed E-state index contributed by atoms with van der Waals surface area (Å²) in [7, 11) is 2.91. The Morgan fingerprint density at radius 3 is 1.79 bits per heavy atom. The first-order chi connectivity index (χ1) is 55.8. The maximum absolute atomic E-state index is 15.6. The molecule has 5 aliphatic heterocycles. The Labute approximate surface area is 669 Å². The molecule has 4 aromatic carbocycles. The van der Waals surface area contributed by atoms with Crippen LogP contribution in [0.15, 0.2) is 120 Å². The fourth-order valence-corrected chi connectivity index (χ4v) is 14.1. The Bertz CT molecular complexity index is 4030. The lowest BCUT2D eigenvalue weighted by atomic mass is 9.84. The van der Waals surface area contributed by atoms with Crippen molar-refractivity contribution in [1.29, 1.82) is 0 Å². The highest BCUT2D eigenvalue weighted by atomic mass is 16.6. The van der Waals surface area contributed by atoms with Crippen molar-refractivity contribution < 1.29 is 115 Å². The summed E-state index contributed by atoms with van der Waals surface area (Å²) in [5.41, 5.74) is 8.21. The maximum Gasteiger partial charge on any atom is 0.414 e. The Kier molecular flexibility index (Phi) is 35.5. The SMILES string of the molecule is C=C1CC2C=Nc3cc(OCCCCCOc4cc5c(cc4OC)C(=O)[N@+]4(Cc6ccccc6NC(=O)CNC(=O)[C@](CCCCN)(Cc6ccccc6)NC(=O)CCOCCOCCOCCOCCOCCOCCOCCOCCNC(=O)CCN6C(=O)C=CC6=O)CC(=C)C[C@H]4[C@H](O)N5C(=O)O)c(OC)cc3C(=O)N2C1. The lowest BCUT2D eigenvalue weighted by Crippen LogP contribution is -2.61. The fourth-order valence-electron chi connectivity index (χ4n) is 14.1. The van der Waals surface area contributed by atoms with Crippen LogP contribution in [0.2, 0.25) is 0 Å². The van der Waals surface area contributed by atoms with Crippen LogP contribution in [0, 0.1) is 0 Å². The van der Waals surface area contributed by atoms with Gasteiger partial charge < -0.3 is 99.0 Å². The highest BCUT2D eigenvalue weighted by Gasteiger charge is 2.59. The van der Waals surface area contributed by atoms with Crippen molar-refractivity contribution in [2.75, 3.05) is 183 Å². The third kappa shape index (κ3) is 25.7. The number of fused-ring (bicyclic) bond motifs is 4. The zero-order chi connectivity index (χ0) is 82.0. The minimum atomic E-state index is -1.76. The maximum atomic E-state index is 15.6. The van der Waals surface area contributed by atoms with E-state index in [-0.39, 0.29) is 131 Å². The topological polar surface area (TPSA) is 401 Å². The second-order valence-electron chi connectivity index (χ2n) is 28.1. The van der Waals surface area contributed by atoms with E-state index in [4.69, 9.17) is 62.6 Å². The van der Waals surface area contributed by atoms with Crippen LogP contribution < -0.4 is 50.8 Å². The fraction of sp³-hybridized carbons (Fsp3) is 0.512. The Morgan fingerprint density at radius 1 is 0.617 bits per heavy atom. The number of carboxylic acid groups (broad SMARTS) is 1. The summed E-state index contributed by atoms with van der Waals surface area (Å²) in [4.78, 5) is 128. The van der Waals surface area contributed by atoms with Crippen molar-refractivity contribution in [1.82, 2.24) is 25.8 Å². The van der Waals surface area contributed by atoms with Crippen molar-refractivity contribution in [2.45, 2.75) is 101 Å². The normalized spacial score (nSPS) is 18.0. The van der Waals surface area contributed by atoms with Crippen LogP contribution >= 0.6 is 0 Å². The summed E-state index contributed by atoms with van der Waals surface area (Å²) < 4.78 is 67.8. The van der Waals surface area contributed by atoms with Gasteiger partial charge in [0.15, 0.2) is 29.2 Å². The third-order valence-electron chi connectivity index (χ3n) is 19.9. The molecule has 33 nitrogen and oxygen atoms in total. The number of anilines is 2. The Hall–Kier alpha value is -10.0. The number of para-hydroxylation sites is 1. The summed E-state index contributed by atoms with van der Waals surface area (Å²) in [5.74, 6) is -2.38. The summed E-state index contributed by atoms with van der Waals surface area (Å²) >= 11 is 0. The quantitative estimate of drug-likeness (QED) is 0.0127. The van der Waals surface area contributed by atoms with E-state index < -0.39 is 70.4 Å². The number of nitrogens with two attached hydrogens (primary N) is 1. The van der Waals surface area contributed by atoms with Crippen molar-refractivity contribution in [2.24, 2.45) is 10.7 Å². The Morgan fingerprint density at radius 2 is 1.19 bits per heavy atom. The van der Waals surface area contributed by atoms with Gasteiger partial charge in [-0.25, -0.2) is 19.0 Å². The van der Waals surface area contributed by atoms with E-state index in [1.807, 2.05) is 30.3 Å². The van der Waals surface area contributed by atoms with Gasteiger partial charge in [-0.1, -0.05) is 67.3 Å². The van der Waals surface area contributed by atoms with Gasteiger partial charge in [-0.15, -0.1) is 0 Å². The standard InChI is InChI=1S/C82H108N10O23/c1-57-45-61-52-85-65-49-70(68(104-3)47-62(65)77(98)90(61)54-57)114-27-13-6-14-28-115-71-50-66-63(48-69(71)105-4)79(100)92(55-58(2)46-67(92)78(99)91(66)81(102)103)56-60-17-9-10-18-64(60)87-74(95)53-86-80(101)82(23-11-12-24-83,51-59-15-7-5-8-16-59)88-73(94)22-29-106-31-33-108-35-37-110-39-41-112-43-44-113-42-40-111-38-36-109-34-32-107-30-25-84-72(93)21-26-89-75(96)19-20-76(89)97/h5,7-10,15-20,47-50,52,61,67,78,99H,1-2,6,11-14,21-46,51,53-56,83H2,3-4H3,(H4-,84,86,87,88,93,94,95,101,102,103)/p+1/t61?,67-,78-,82-,92-/m0/s1. The number of aliphatic hydroxyl groups excluding tert-OH is 1. The molecule has 8 N–H and O–H groups in total. The van der Waals surface area contributed by atoms with Crippen molar-refractivity contribution in [3.63, 3.8) is 0 Å². The second kappa shape index (κ2) is 45.9. The number of methoxy groups -OCH3 is 2. The van der Waals surface area contributed by atoms with Gasteiger partial charge in [0.2, 0.25) is 23.6 Å². The first-order valence-electron chi connectivity index (χ1n) is 38.9. The number of amides is 9. The number of aliphatic hydroxyl groups is 1. The summed E-state index contributed by atoms with van der Waals surface area (Å²) in [6, 6.07) is 20.9. The molecule has 4 aromatic rings. The van der Waals surface area contributed by atoms with E-state index in [0.29, 0.717) is 178 Å². The molecule has 0 aromatic heterocycles. The lowest BCUT2D eigenvalue weighted by molar-refractivity contribution is -0.875. The predicted octanol–water partition coefficient (Wildman–Crippen LogP) is 5.36. The number of hydrogen-bond acceptors (Lipinski definition) is 24. The number of hydrogen-bond donors (Lipinski definition) is 7. The van der Waals surface area contributed by atoms with Gasteiger partial charge in [-0.05, 0) is 74.8 Å². The number of rotatable bonds is 53. The number of imide groups is 1. The number of nitrogens with one attached hydrogen (secondary N) is 4. The number of nitrogens with zero attached hydrogens (tertiary/aromatic N) is 5. The first kappa shape index (κ1) is 88.9. The van der Waals surface area contributed by atoms with Crippen LogP contribution in [0.1, 0.15) is 96.1 Å². The monoisotopic (exact) mass is 1600 g/mol. The van der Waals surface area contributed by atoms with Crippen LogP contribution in [0.25, 0.3) is 0 Å². The minimum absolute atomic E-state index is 0.0154. The van der Waals surface area contributed by atoms with Crippen LogP contribution in [0.5, 0.6) is 23.0 Å². The number of quaternary nitrogens is 1. The number of ether oxygens (including phenoxy) is 12. The molecule has 5 aliphatic rings. The van der Waals surface area contributed by atoms with E-state index >= 15 is 4.79 Å². The molecule has 33 heteroatoms. The molecule has 2 saturated heterocycles. The smallest absolute Gasteiger partial charge is 0.414 e. The van der Waals surface area contributed by atoms with E-state index in [0.717, 1.165) is 20.9 Å². The van der Waals surface area contributed by atoms with E-state index in [1.54, 1.807) is 47.5 Å². The zero-order valence-corrected chi connectivity index (χ0v) is 65.6. The van der Waals surface area contributed by atoms with E-state index in [1.165, 1.54) is 38.5 Å². The molecule has 0 bridgehead atoms. The molecule has 0 saturated carbocycles. The van der Waals surface area contributed by atoms with Gasteiger partial charge in [0, 0.05) is 93.1 Å².